The van der Waals surface area contributed by atoms with Crippen molar-refractivity contribution in [1.29, 1.82) is 0 Å². The maximum Gasteiger partial charge on any atom is 0.407 e. The standard InChI is InChI=1S/C20H34N2O2/c1-14(2)20(8,13-21-18(23)24-19(5,6)7)22-12-17-11-15(3)9-10-16(17)4/h9-11,14,22H,12-13H2,1-8H3,(H,21,23). The van der Waals surface area contributed by atoms with Gasteiger partial charge in [-0.05, 0) is 58.6 Å². The summed E-state index contributed by atoms with van der Waals surface area (Å²) in [6, 6.07) is 6.49. The molecule has 0 aliphatic rings. The van der Waals surface area contributed by atoms with Crippen molar-refractivity contribution in [2.24, 2.45) is 5.92 Å². The molecule has 2 N–H and O–H groups in total. The summed E-state index contributed by atoms with van der Waals surface area (Å²) in [4.78, 5) is 11.9. The number of nitrogens with one attached hydrogen (secondary N) is 2. The van der Waals surface area contributed by atoms with Crippen molar-refractivity contribution in [2.45, 2.75) is 73.1 Å². The average molecular weight is 335 g/mol. The van der Waals surface area contributed by atoms with Gasteiger partial charge in [0.2, 0.25) is 0 Å². The van der Waals surface area contributed by atoms with Crippen molar-refractivity contribution in [1.82, 2.24) is 10.6 Å². The largest absolute Gasteiger partial charge is 0.444 e. The molecule has 0 saturated carbocycles. The summed E-state index contributed by atoms with van der Waals surface area (Å²) >= 11 is 0. The lowest BCUT2D eigenvalue weighted by Crippen LogP contribution is -2.55. The number of ether oxygens (including phenoxy) is 1. The topological polar surface area (TPSA) is 50.4 Å². The highest BCUT2D eigenvalue weighted by molar-refractivity contribution is 5.67. The maximum absolute atomic E-state index is 11.9. The van der Waals surface area contributed by atoms with Crippen molar-refractivity contribution in [3.8, 4) is 0 Å². The lowest BCUT2D eigenvalue weighted by Gasteiger charge is -2.36. The number of amides is 1. The summed E-state index contributed by atoms with van der Waals surface area (Å²) in [6.45, 7) is 17.6. The van der Waals surface area contributed by atoms with Crippen LogP contribution in [-0.4, -0.2) is 23.8 Å². The van der Waals surface area contributed by atoms with Crippen molar-refractivity contribution >= 4 is 6.09 Å². The third-order valence-corrected chi connectivity index (χ3v) is 4.46. The molecular weight excluding hydrogens is 300 g/mol. The van der Waals surface area contributed by atoms with Gasteiger partial charge in [-0.2, -0.15) is 0 Å². The molecular formula is C20H34N2O2. The summed E-state index contributed by atoms with van der Waals surface area (Å²) in [5.41, 5.74) is 3.13. The van der Waals surface area contributed by atoms with Crippen molar-refractivity contribution < 1.29 is 9.53 Å². The van der Waals surface area contributed by atoms with E-state index in [1.807, 2.05) is 20.8 Å². The van der Waals surface area contributed by atoms with E-state index >= 15 is 0 Å². The fourth-order valence-corrected chi connectivity index (χ4v) is 2.33. The van der Waals surface area contributed by atoms with Crippen molar-refractivity contribution in [2.75, 3.05) is 6.54 Å². The van der Waals surface area contributed by atoms with Crippen LogP contribution in [0.1, 0.15) is 58.2 Å². The monoisotopic (exact) mass is 334 g/mol. The van der Waals surface area contributed by atoms with E-state index in [4.69, 9.17) is 4.74 Å². The average Bonchev–Trinajstić information content (AvgIpc) is 2.44. The summed E-state index contributed by atoms with van der Waals surface area (Å²) in [6.07, 6.45) is -0.372. The van der Waals surface area contributed by atoms with Gasteiger partial charge in [-0.25, -0.2) is 4.79 Å². The Balaban J connectivity index is 2.71. The Bertz CT molecular complexity index is 561. The smallest absolute Gasteiger partial charge is 0.407 e. The first-order chi connectivity index (χ1) is 10.9. The molecule has 1 aromatic carbocycles. The fraction of sp³-hybridized carbons (Fsp3) is 0.650. The zero-order valence-corrected chi connectivity index (χ0v) is 16.5. The van der Waals surface area contributed by atoms with Crippen LogP contribution in [0, 0.1) is 19.8 Å². The first-order valence-electron chi connectivity index (χ1n) is 8.71. The number of aryl methyl sites for hydroxylation is 2. The fourth-order valence-electron chi connectivity index (χ4n) is 2.33. The third kappa shape index (κ3) is 6.52. The van der Waals surface area contributed by atoms with Crippen LogP contribution in [0.15, 0.2) is 18.2 Å². The van der Waals surface area contributed by atoms with E-state index < -0.39 is 5.60 Å². The molecule has 0 heterocycles. The van der Waals surface area contributed by atoms with E-state index in [0.717, 1.165) is 6.54 Å². The SMILES string of the molecule is Cc1ccc(C)c(CNC(C)(CNC(=O)OC(C)(C)C)C(C)C)c1. The Hall–Kier alpha value is -1.55. The molecule has 0 aliphatic heterocycles. The second kappa shape index (κ2) is 8.02. The van der Waals surface area contributed by atoms with Gasteiger partial charge in [-0.3, -0.25) is 0 Å². The summed E-state index contributed by atoms with van der Waals surface area (Å²) in [5.74, 6) is 0.359. The number of carbonyl (C=O) groups is 1. The minimum absolute atomic E-state index is 0.215. The van der Waals surface area contributed by atoms with Gasteiger partial charge in [-0.1, -0.05) is 37.6 Å². The Kier molecular flexibility index (Phi) is 6.85. The Morgan fingerprint density at radius 1 is 1.17 bits per heavy atom. The van der Waals surface area contributed by atoms with E-state index in [9.17, 15) is 4.79 Å². The lowest BCUT2D eigenvalue weighted by atomic mass is 9.88. The number of rotatable bonds is 6. The molecule has 0 fully saturated rings. The highest BCUT2D eigenvalue weighted by Gasteiger charge is 2.29. The van der Waals surface area contributed by atoms with E-state index in [1.165, 1.54) is 16.7 Å². The molecule has 1 amide bonds. The van der Waals surface area contributed by atoms with Crippen LogP contribution in [0.4, 0.5) is 4.79 Å². The van der Waals surface area contributed by atoms with Gasteiger partial charge in [0.15, 0.2) is 0 Å². The molecule has 0 saturated heterocycles. The molecule has 0 aromatic heterocycles. The lowest BCUT2D eigenvalue weighted by molar-refractivity contribution is 0.0503. The Morgan fingerprint density at radius 3 is 2.33 bits per heavy atom. The zero-order chi connectivity index (χ0) is 18.5. The number of carbonyl (C=O) groups excluding carboxylic acids is 1. The van der Waals surface area contributed by atoms with Crippen LogP contribution in [0.5, 0.6) is 0 Å². The highest BCUT2D eigenvalue weighted by atomic mass is 16.6. The van der Waals surface area contributed by atoms with Crippen LogP contribution < -0.4 is 10.6 Å². The van der Waals surface area contributed by atoms with Gasteiger partial charge in [0.05, 0.1) is 0 Å². The Morgan fingerprint density at radius 2 is 1.79 bits per heavy atom. The van der Waals surface area contributed by atoms with Crippen LogP contribution in [0.3, 0.4) is 0 Å². The summed E-state index contributed by atoms with van der Waals surface area (Å²) < 4.78 is 5.33. The predicted molar refractivity (Wildman–Crippen MR) is 100 cm³/mol. The quantitative estimate of drug-likeness (QED) is 0.814. The van der Waals surface area contributed by atoms with Gasteiger partial charge in [0.25, 0.3) is 0 Å². The van der Waals surface area contributed by atoms with Crippen LogP contribution in [0.2, 0.25) is 0 Å². The van der Waals surface area contributed by atoms with Crippen LogP contribution in [0.25, 0.3) is 0 Å². The predicted octanol–water partition coefficient (Wildman–Crippen LogP) is 4.33. The first kappa shape index (κ1) is 20.5. The minimum atomic E-state index is -0.482. The number of hydrogen-bond acceptors (Lipinski definition) is 3. The summed E-state index contributed by atoms with van der Waals surface area (Å²) in [5, 5.41) is 6.53. The first-order valence-corrected chi connectivity index (χ1v) is 8.71. The summed E-state index contributed by atoms with van der Waals surface area (Å²) in [7, 11) is 0. The molecule has 4 heteroatoms. The molecule has 24 heavy (non-hydrogen) atoms. The third-order valence-electron chi connectivity index (χ3n) is 4.46. The molecule has 0 aliphatic carbocycles. The molecule has 1 rings (SSSR count). The molecule has 0 bridgehead atoms. The minimum Gasteiger partial charge on any atom is -0.444 e. The number of hydrogen-bond donors (Lipinski definition) is 2. The van der Waals surface area contributed by atoms with E-state index in [2.05, 4.69) is 63.5 Å². The van der Waals surface area contributed by atoms with Crippen molar-refractivity contribution in [3.05, 3.63) is 34.9 Å². The number of benzene rings is 1. The van der Waals surface area contributed by atoms with Gasteiger partial charge >= 0.3 is 6.09 Å². The molecule has 4 nitrogen and oxygen atoms in total. The molecule has 136 valence electrons. The second-order valence-electron chi connectivity index (χ2n) is 8.21. The molecule has 1 aromatic rings. The van der Waals surface area contributed by atoms with Gasteiger partial charge in [0, 0.05) is 18.6 Å². The van der Waals surface area contributed by atoms with E-state index in [1.54, 1.807) is 0 Å². The van der Waals surface area contributed by atoms with E-state index in [-0.39, 0.29) is 11.6 Å². The molecule has 1 atom stereocenters. The van der Waals surface area contributed by atoms with Gasteiger partial charge < -0.3 is 15.4 Å². The van der Waals surface area contributed by atoms with Gasteiger partial charge in [0.1, 0.15) is 5.60 Å². The maximum atomic E-state index is 11.9. The van der Waals surface area contributed by atoms with Crippen LogP contribution >= 0.6 is 0 Å². The molecule has 0 spiro atoms. The Labute approximate surface area is 147 Å². The van der Waals surface area contributed by atoms with Crippen LogP contribution in [-0.2, 0) is 11.3 Å². The normalized spacial score (nSPS) is 14.4. The zero-order valence-electron chi connectivity index (χ0n) is 16.5. The molecule has 0 radical (unpaired) electrons. The van der Waals surface area contributed by atoms with E-state index in [0.29, 0.717) is 12.5 Å². The molecule has 1 unspecified atom stereocenters. The van der Waals surface area contributed by atoms with Gasteiger partial charge in [-0.15, -0.1) is 0 Å². The van der Waals surface area contributed by atoms with Crippen molar-refractivity contribution in [3.63, 3.8) is 0 Å². The second-order valence-corrected chi connectivity index (χ2v) is 8.21. The number of alkyl carbamates (subject to hydrolysis) is 1. The highest BCUT2D eigenvalue weighted by Crippen LogP contribution is 2.18.